The summed E-state index contributed by atoms with van der Waals surface area (Å²) in [6.45, 7) is 1.99. The Bertz CT molecular complexity index is 570. The fourth-order valence-electron chi connectivity index (χ4n) is 1.34. The lowest BCUT2D eigenvalue weighted by molar-refractivity contribution is 0.320. The number of hydrogen-bond acceptors (Lipinski definition) is 6. The number of methoxy groups -OCH3 is 2. The number of rotatable bonds is 4. The van der Waals surface area contributed by atoms with Crippen LogP contribution in [0.2, 0.25) is 0 Å². The third-order valence-corrected chi connectivity index (χ3v) is 2.85. The SMILES string of the molecule is COc1nc(OC)nc(Oc2ccc(C)cc2Br)n1. The Morgan fingerprint density at radius 2 is 1.53 bits per heavy atom. The molecule has 6 nitrogen and oxygen atoms in total. The first-order valence-corrected chi connectivity index (χ1v) is 6.19. The lowest BCUT2D eigenvalue weighted by Gasteiger charge is -2.08. The Hall–Kier alpha value is -1.89. The number of nitrogens with zero attached hydrogens (tertiary/aromatic N) is 3. The van der Waals surface area contributed by atoms with Crippen LogP contribution in [0.15, 0.2) is 22.7 Å². The molecule has 0 aliphatic heterocycles. The number of hydrogen-bond donors (Lipinski definition) is 0. The monoisotopic (exact) mass is 325 g/mol. The van der Waals surface area contributed by atoms with Crippen molar-refractivity contribution in [3.05, 3.63) is 28.2 Å². The second-order valence-corrected chi connectivity index (χ2v) is 4.48. The van der Waals surface area contributed by atoms with Crippen LogP contribution in [-0.2, 0) is 0 Å². The molecular weight excluding hydrogens is 314 g/mol. The molecule has 1 aromatic carbocycles. The van der Waals surface area contributed by atoms with Crippen molar-refractivity contribution in [1.82, 2.24) is 15.0 Å². The zero-order valence-electron chi connectivity index (χ0n) is 10.7. The number of aromatic nitrogens is 3. The Morgan fingerprint density at radius 1 is 0.947 bits per heavy atom. The minimum Gasteiger partial charge on any atom is -0.467 e. The Balaban J connectivity index is 2.31. The maximum absolute atomic E-state index is 5.58. The van der Waals surface area contributed by atoms with Gasteiger partial charge in [-0.25, -0.2) is 0 Å². The van der Waals surface area contributed by atoms with E-state index in [1.54, 1.807) is 0 Å². The number of aryl methyl sites for hydroxylation is 1. The topological polar surface area (TPSA) is 66.4 Å². The van der Waals surface area contributed by atoms with E-state index in [4.69, 9.17) is 14.2 Å². The second-order valence-electron chi connectivity index (χ2n) is 3.63. The Morgan fingerprint density at radius 3 is 2.05 bits per heavy atom. The van der Waals surface area contributed by atoms with Crippen molar-refractivity contribution >= 4 is 15.9 Å². The normalized spacial score (nSPS) is 10.1. The summed E-state index contributed by atoms with van der Waals surface area (Å²) < 4.78 is 16.3. The molecule has 1 aromatic heterocycles. The molecule has 2 aromatic rings. The molecule has 0 unspecified atom stereocenters. The maximum Gasteiger partial charge on any atom is 0.331 e. The molecule has 0 saturated heterocycles. The van der Waals surface area contributed by atoms with Gasteiger partial charge >= 0.3 is 18.0 Å². The molecule has 0 N–H and O–H groups in total. The standard InChI is InChI=1S/C12H12BrN3O3/c1-7-4-5-9(8(13)6-7)19-12-15-10(17-2)14-11(16-12)18-3/h4-6H,1-3H3. The number of benzene rings is 1. The van der Waals surface area contributed by atoms with E-state index < -0.39 is 0 Å². The largest absolute Gasteiger partial charge is 0.467 e. The first-order chi connectivity index (χ1) is 9.12. The molecule has 0 aliphatic carbocycles. The fraction of sp³-hybridized carbons (Fsp3) is 0.250. The van der Waals surface area contributed by atoms with Crippen LogP contribution in [0.5, 0.6) is 23.8 Å². The number of halogens is 1. The number of ether oxygens (including phenoxy) is 3. The summed E-state index contributed by atoms with van der Waals surface area (Å²) in [5.41, 5.74) is 1.12. The van der Waals surface area contributed by atoms with Gasteiger partial charge in [0.1, 0.15) is 5.75 Å². The molecule has 0 bridgehead atoms. The average molecular weight is 326 g/mol. The fourth-order valence-corrected chi connectivity index (χ4v) is 1.91. The van der Waals surface area contributed by atoms with E-state index in [2.05, 4.69) is 30.9 Å². The van der Waals surface area contributed by atoms with Crippen LogP contribution in [0.4, 0.5) is 0 Å². The van der Waals surface area contributed by atoms with Crippen LogP contribution in [0.1, 0.15) is 5.56 Å². The van der Waals surface area contributed by atoms with Crippen molar-refractivity contribution < 1.29 is 14.2 Å². The molecule has 19 heavy (non-hydrogen) atoms. The predicted octanol–water partition coefficient (Wildman–Crippen LogP) is 2.75. The van der Waals surface area contributed by atoms with Crippen molar-refractivity contribution in [2.45, 2.75) is 6.92 Å². The molecule has 2 rings (SSSR count). The molecule has 0 saturated carbocycles. The van der Waals surface area contributed by atoms with Gasteiger partial charge in [-0.05, 0) is 40.5 Å². The van der Waals surface area contributed by atoms with E-state index >= 15 is 0 Å². The predicted molar refractivity (Wildman–Crippen MR) is 71.9 cm³/mol. The smallest absolute Gasteiger partial charge is 0.331 e. The van der Waals surface area contributed by atoms with E-state index in [0.717, 1.165) is 10.0 Å². The molecule has 0 atom stereocenters. The van der Waals surface area contributed by atoms with Gasteiger partial charge in [-0.3, -0.25) is 0 Å². The zero-order valence-corrected chi connectivity index (χ0v) is 12.3. The molecular formula is C12H12BrN3O3. The molecule has 0 amide bonds. The summed E-state index contributed by atoms with van der Waals surface area (Å²) in [6.07, 6.45) is 0. The summed E-state index contributed by atoms with van der Waals surface area (Å²) in [4.78, 5) is 11.9. The van der Waals surface area contributed by atoms with E-state index in [1.165, 1.54) is 14.2 Å². The lowest BCUT2D eigenvalue weighted by Crippen LogP contribution is -2.01. The highest BCUT2D eigenvalue weighted by Gasteiger charge is 2.10. The highest BCUT2D eigenvalue weighted by Crippen LogP contribution is 2.29. The van der Waals surface area contributed by atoms with Gasteiger partial charge < -0.3 is 14.2 Å². The van der Waals surface area contributed by atoms with Gasteiger partial charge in [0.05, 0.1) is 18.7 Å². The molecule has 100 valence electrons. The van der Waals surface area contributed by atoms with Gasteiger partial charge in [-0.2, -0.15) is 0 Å². The summed E-state index contributed by atoms with van der Waals surface area (Å²) in [7, 11) is 2.92. The van der Waals surface area contributed by atoms with Crippen molar-refractivity contribution in [2.75, 3.05) is 14.2 Å². The average Bonchev–Trinajstić information content (AvgIpc) is 2.41. The highest BCUT2D eigenvalue weighted by molar-refractivity contribution is 9.10. The van der Waals surface area contributed by atoms with Crippen molar-refractivity contribution in [2.24, 2.45) is 0 Å². The quantitative estimate of drug-likeness (QED) is 0.861. The van der Waals surface area contributed by atoms with Crippen LogP contribution >= 0.6 is 15.9 Å². The van der Waals surface area contributed by atoms with Crippen LogP contribution in [0.3, 0.4) is 0 Å². The van der Waals surface area contributed by atoms with E-state index in [0.29, 0.717) is 5.75 Å². The molecule has 0 spiro atoms. The Labute approximate surface area is 118 Å². The minimum atomic E-state index is 0.105. The van der Waals surface area contributed by atoms with Crippen molar-refractivity contribution in [1.29, 1.82) is 0 Å². The summed E-state index contributed by atoms with van der Waals surface area (Å²) in [6, 6.07) is 6.05. The molecule has 0 radical (unpaired) electrons. The molecule has 0 aliphatic rings. The van der Waals surface area contributed by atoms with Gasteiger partial charge in [0, 0.05) is 0 Å². The third-order valence-electron chi connectivity index (χ3n) is 2.23. The molecule has 1 heterocycles. The third kappa shape index (κ3) is 3.31. The summed E-state index contributed by atoms with van der Waals surface area (Å²) >= 11 is 3.42. The van der Waals surface area contributed by atoms with E-state index in [-0.39, 0.29) is 18.0 Å². The van der Waals surface area contributed by atoms with Gasteiger partial charge in [0.25, 0.3) is 0 Å². The van der Waals surface area contributed by atoms with Gasteiger partial charge in [-0.1, -0.05) is 6.07 Å². The first kappa shape index (κ1) is 13.5. The molecule has 0 fully saturated rings. The van der Waals surface area contributed by atoms with Crippen LogP contribution < -0.4 is 14.2 Å². The second kappa shape index (κ2) is 5.83. The highest BCUT2D eigenvalue weighted by atomic mass is 79.9. The molecule has 7 heteroatoms. The van der Waals surface area contributed by atoms with Gasteiger partial charge in [0.15, 0.2) is 0 Å². The first-order valence-electron chi connectivity index (χ1n) is 5.40. The summed E-state index contributed by atoms with van der Waals surface area (Å²) in [5.74, 6) is 0.598. The zero-order chi connectivity index (χ0) is 13.8. The maximum atomic E-state index is 5.58. The van der Waals surface area contributed by atoms with Crippen LogP contribution in [0, 0.1) is 6.92 Å². The van der Waals surface area contributed by atoms with Crippen LogP contribution in [-0.4, -0.2) is 29.2 Å². The van der Waals surface area contributed by atoms with Crippen molar-refractivity contribution in [3.8, 4) is 23.8 Å². The van der Waals surface area contributed by atoms with E-state index in [1.807, 2.05) is 25.1 Å². The minimum absolute atomic E-state index is 0.105. The van der Waals surface area contributed by atoms with E-state index in [9.17, 15) is 0 Å². The Kier molecular flexibility index (Phi) is 4.16. The summed E-state index contributed by atoms with van der Waals surface area (Å²) in [5, 5.41) is 0. The lowest BCUT2D eigenvalue weighted by atomic mass is 10.2. The van der Waals surface area contributed by atoms with Gasteiger partial charge in [0.2, 0.25) is 0 Å². The van der Waals surface area contributed by atoms with Gasteiger partial charge in [-0.15, -0.1) is 15.0 Å². The van der Waals surface area contributed by atoms with Crippen LogP contribution in [0.25, 0.3) is 0 Å². The van der Waals surface area contributed by atoms with Crippen molar-refractivity contribution in [3.63, 3.8) is 0 Å².